The van der Waals surface area contributed by atoms with Gasteiger partial charge in [-0.1, -0.05) is 25.7 Å². The van der Waals surface area contributed by atoms with E-state index in [2.05, 4.69) is 22.2 Å². The smallest absolute Gasteiger partial charge is 0.221 e. The summed E-state index contributed by atoms with van der Waals surface area (Å²) >= 11 is 0. The molecule has 1 aromatic heterocycles. The van der Waals surface area contributed by atoms with Gasteiger partial charge in [0.2, 0.25) is 5.91 Å². The number of amides is 1. The number of nitrogens with one attached hydrogen (secondary N) is 1. The van der Waals surface area contributed by atoms with Crippen molar-refractivity contribution in [1.29, 1.82) is 0 Å². The Morgan fingerprint density at radius 2 is 1.86 bits per heavy atom. The third-order valence-corrected chi connectivity index (χ3v) is 4.47. The molecular weight excluding hydrogens is 274 g/mol. The molecule has 2 rings (SSSR count). The van der Waals surface area contributed by atoms with Gasteiger partial charge in [-0.3, -0.25) is 9.78 Å². The topological polar surface area (TPSA) is 45.2 Å². The van der Waals surface area contributed by atoms with Gasteiger partial charge in [0.05, 0.1) is 0 Å². The molecule has 0 atom stereocenters. The zero-order chi connectivity index (χ0) is 15.6. The second-order valence-electron chi connectivity index (χ2n) is 6.41. The summed E-state index contributed by atoms with van der Waals surface area (Å²) in [5, 5.41) is 3.21. The van der Waals surface area contributed by atoms with Crippen molar-refractivity contribution in [2.24, 2.45) is 0 Å². The Kier molecular flexibility index (Phi) is 7.37. The van der Waals surface area contributed by atoms with E-state index in [1.807, 2.05) is 24.5 Å². The first-order chi connectivity index (χ1) is 10.7. The Morgan fingerprint density at radius 3 is 2.55 bits per heavy atom. The van der Waals surface area contributed by atoms with Crippen molar-refractivity contribution in [1.82, 2.24) is 15.2 Å². The summed E-state index contributed by atoms with van der Waals surface area (Å²) in [6.07, 6.45) is 12.7. The Balaban J connectivity index is 1.60. The summed E-state index contributed by atoms with van der Waals surface area (Å²) in [5.74, 6) is 0.211. The van der Waals surface area contributed by atoms with Crippen molar-refractivity contribution in [3.8, 4) is 0 Å². The lowest BCUT2D eigenvalue weighted by Crippen LogP contribution is -2.36. The summed E-state index contributed by atoms with van der Waals surface area (Å²) in [7, 11) is 2.08. The van der Waals surface area contributed by atoms with Crippen molar-refractivity contribution in [3.63, 3.8) is 0 Å². The lowest BCUT2D eigenvalue weighted by Gasteiger charge is -2.19. The molecule has 4 heteroatoms. The molecule has 122 valence electrons. The van der Waals surface area contributed by atoms with E-state index in [-0.39, 0.29) is 5.91 Å². The predicted molar refractivity (Wildman–Crippen MR) is 89.7 cm³/mol. The van der Waals surface area contributed by atoms with Crippen LogP contribution in [-0.4, -0.2) is 42.0 Å². The van der Waals surface area contributed by atoms with E-state index in [9.17, 15) is 4.79 Å². The number of carbonyl (C=O) groups excluding carboxylic acids is 1. The minimum Gasteiger partial charge on any atom is -0.353 e. The molecule has 0 aliphatic heterocycles. The van der Waals surface area contributed by atoms with Gasteiger partial charge < -0.3 is 10.2 Å². The number of nitrogens with zero attached hydrogens (tertiary/aromatic N) is 2. The molecule has 0 saturated heterocycles. The minimum absolute atomic E-state index is 0.211. The minimum atomic E-state index is 0.211. The van der Waals surface area contributed by atoms with Crippen LogP contribution in [0.3, 0.4) is 0 Å². The highest BCUT2D eigenvalue weighted by Gasteiger charge is 2.14. The van der Waals surface area contributed by atoms with Crippen LogP contribution in [0.25, 0.3) is 0 Å². The number of hydrogen-bond donors (Lipinski definition) is 1. The number of likely N-dealkylation sites (N-methyl/N-ethyl adjacent to an activating group) is 1. The highest BCUT2D eigenvalue weighted by atomic mass is 16.1. The van der Waals surface area contributed by atoms with Crippen molar-refractivity contribution in [3.05, 3.63) is 30.1 Å². The van der Waals surface area contributed by atoms with Crippen LogP contribution in [0.1, 0.15) is 50.5 Å². The molecule has 1 heterocycles. The summed E-state index contributed by atoms with van der Waals surface area (Å²) in [6, 6.07) is 4.51. The maximum atomic E-state index is 12.1. The third-order valence-electron chi connectivity index (χ3n) is 4.47. The van der Waals surface area contributed by atoms with E-state index in [4.69, 9.17) is 0 Å². The number of carbonyl (C=O) groups is 1. The fourth-order valence-electron chi connectivity index (χ4n) is 3.00. The maximum absolute atomic E-state index is 12.1. The molecule has 1 fully saturated rings. The van der Waals surface area contributed by atoms with Crippen molar-refractivity contribution in [2.45, 2.75) is 57.4 Å². The molecular formula is C18H29N3O. The molecule has 0 spiro atoms. The normalized spacial score (nSPS) is 16.5. The van der Waals surface area contributed by atoms with Crippen LogP contribution in [0.5, 0.6) is 0 Å². The Morgan fingerprint density at radius 1 is 1.18 bits per heavy atom. The zero-order valence-corrected chi connectivity index (χ0v) is 13.8. The molecule has 0 unspecified atom stereocenters. The Labute approximate surface area is 134 Å². The van der Waals surface area contributed by atoms with Gasteiger partial charge in [0, 0.05) is 37.9 Å². The van der Waals surface area contributed by atoms with Gasteiger partial charge in [0.25, 0.3) is 0 Å². The van der Waals surface area contributed by atoms with Gasteiger partial charge in [-0.15, -0.1) is 0 Å². The van der Waals surface area contributed by atoms with Gasteiger partial charge in [-0.05, 0) is 44.0 Å². The first-order valence-corrected chi connectivity index (χ1v) is 8.61. The molecule has 0 radical (unpaired) electrons. The first-order valence-electron chi connectivity index (χ1n) is 8.61. The van der Waals surface area contributed by atoms with Crippen LogP contribution < -0.4 is 5.32 Å². The van der Waals surface area contributed by atoms with Crippen LogP contribution in [0.4, 0.5) is 0 Å². The van der Waals surface area contributed by atoms with Crippen LogP contribution in [0.15, 0.2) is 24.5 Å². The third kappa shape index (κ3) is 6.56. The molecule has 22 heavy (non-hydrogen) atoms. The Bertz CT molecular complexity index is 427. The summed E-state index contributed by atoms with van der Waals surface area (Å²) in [4.78, 5) is 18.3. The predicted octanol–water partition coefficient (Wildman–Crippen LogP) is 2.79. The molecule has 1 aromatic rings. The number of rotatable bonds is 7. The monoisotopic (exact) mass is 303 g/mol. The maximum Gasteiger partial charge on any atom is 0.221 e. The van der Waals surface area contributed by atoms with Crippen LogP contribution in [0.2, 0.25) is 0 Å². The number of aromatic nitrogens is 1. The molecule has 1 N–H and O–H groups in total. The zero-order valence-electron chi connectivity index (χ0n) is 13.8. The van der Waals surface area contributed by atoms with Gasteiger partial charge in [-0.25, -0.2) is 0 Å². The second kappa shape index (κ2) is 9.57. The fraction of sp³-hybridized carbons (Fsp3) is 0.667. The van der Waals surface area contributed by atoms with E-state index in [0.29, 0.717) is 12.5 Å². The van der Waals surface area contributed by atoms with E-state index in [1.54, 1.807) is 0 Å². The summed E-state index contributed by atoms with van der Waals surface area (Å²) < 4.78 is 0. The number of hydrogen-bond acceptors (Lipinski definition) is 3. The average Bonchev–Trinajstić information content (AvgIpc) is 2.80. The van der Waals surface area contributed by atoms with Gasteiger partial charge in [0.1, 0.15) is 0 Å². The average molecular weight is 303 g/mol. The molecule has 1 aliphatic carbocycles. The van der Waals surface area contributed by atoms with Crippen LogP contribution >= 0.6 is 0 Å². The largest absolute Gasteiger partial charge is 0.353 e. The fourth-order valence-corrected chi connectivity index (χ4v) is 3.00. The van der Waals surface area contributed by atoms with E-state index in [0.717, 1.165) is 32.4 Å². The van der Waals surface area contributed by atoms with Gasteiger partial charge in [-0.2, -0.15) is 0 Å². The van der Waals surface area contributed by atoms with Crippen molar-refractivity contribution >= 4 is 5.91 Å². The molecule has 0 aromatic carbocycles. The van der Waals surface area contributed by atoms with E-state index >= 15 is 0 Å². The van der Waals surface area contributed by atoms with E-state index < -0.39 is 0 Å². The highest BCUT2D eigenvalue weighted by Crippen LogP contribution is 2.17. The van der Waals surface area contributed by atoms with Crippen molar-refractivity contribution < 1.29 is 4.79 Å². The quantitative estimate of drug-likeness (QED) is 0.788. The highest BCUT2D eigenvalue weighted by molar-refractivity contribution is 5.76. The summed E-state index contributed by atoms with van der Waals surface area (Å²) in [6.45, 7) is 1.80. The second-order valence-corrected chi connectivity index (χ2v) is 6.41. The molecule has 0 bridgehead atoms. The van der Waals surface area contributed by atoms with Crippen molar-refractivity contribution in [2.75, 3.05) is 20.1 Å². The molecule has 1 saturated carbocycles. The number of pyridine rings is 1. The molecule has 1 aliphatic rings. The lowest BCUT2D eigenvalue weighted by atomic mass is 10.1. The lowest BCUT2D eigenvalue weighted by molar-refractivity contribution is -0.122. The molecule has 4 nitrogen and oxygen atoms in total. The van der Waals surface area contributed by atoms with Gasteiger partial charge >= 0.3 is 0 Å². The standard InChI is InChI=1S/C18H29N3O/c1-21(14-10-16-8-12-19-13-9-16)15-11-18(22)20-17-6-4-2-3-5-7-17/h8-9,12-13,17H,2-7,10-11,14-15H2,1H3,(H,20,22). The first kappa shape index (κ1) is 16.9. The van der Waals surface area contributed by atoms with Gasteiger partial charge in [0.15, 0.2) is 0 Å². The Hall–Kier alpha value is -1.42. The molecule has 1 amide bonds. The summed E-state index contributed by atoms with van der Waals surface area (Å²) in [5.41, 5.74) is 1.30. The van der Waals surface area contributed by atoms with Crippen LogP contribution in [0, 0.1) is 0 Å². The van der Waals surface area contributed by atoms with E-state index in [1.165, 1.54) is 31.2 Å². The SMILES string of the molecule is CN(CCC(=O)NC1CCCCCC1)CCc1ccncc1. The van der Waals surface area contributed by atoms with Crippen LogP contribution in [-0.2, 0) is 11.2 Å².